The molecule has 0 bridgehead atoms. The van der Waals surface area contributed by atoms with Gasteiger partial charge in [-0.25, -0.2) is 4.98 Å². The molecule has 0 radical (unpaired) electrons. The highest BCUT2D eigenvalue weighted by Gasteiger charge is 2.14. The molecular formula is C17H21N3OS. The maximum Gasteiger partial charge on any atom is 0.183 e. The van der Waals surface area contributed by atoms with Crippen LogP contribution in [0.4, 0.5) is 5.13 Å². The Morgan fingerprint density at radius 1 is 1.36 bits per heavy atom. The highest BCUT2D eigenvalue weighted by molar-refractivity contribution is 7.14. The van der Waals surface area contributed by atoms with Crippen molar-refractivity contribution < 1.29 is 4.42 Å². The smallest absolute Gasteiger partial charge is 0.183 e. The molecule has 116 valence electrons. The summed E-state index contributed by atoms with van der Waals surface area (Å²) in [7, 11) is 0. The van der Waals surface area contributed by atoms with Crippen LogP contribution in [0.2, 0.25) is 0 Å². The summed E-state index contributed by atoms with van der Waals surface area (Å²) in [5.41, 5.74) is 4.66. The van der Waals surface area contributed by atoms with E-state index in [1.165, 1.54) is 17.0 Å². The van der Waals surface area contributed by atoms with Gasteiger partial charge in [-0.1, -0.05) is 0 Å². The number of nitrogens with zero attached hydrogens (tertiary/aromatic N) is 2. The van der Waals surface area contributed by atoms with Crippen LogP contribution in [0.3, 0.4) is 0 Å². The molecule has 5 heteroatoms. The minimum absolute atomic E-state index is 0.394. The molecule has 0 unspecified atom stereocenters. The molecule has 1 N–H and O–H groups in total. The van der Waals surface area contributed by atoms with E-state index in [9.17, 15) is 0 Å². The highest BCUT2D eigenvalue weighted by atomic mass is 32.1. The Kier molecular flexibility index (Phi) is 4.07. The van der Waals surface area contributed by atoms with Gasteiger partial charge in [-0.05, 0) is 45.9 Å². The van der Waals surface area contributed by atoms with E-state index in [0.717, 1.165) is 23.1 Å². The van der Waals surface area contributed by atoms with E-state index >= 15 is 0 Å². The molecule has 0 aliphatic carbocycles. The number of aryl methyl sites for hydroxylation is 1. The van der Waals surface area contributed by atoms with Gasteiger partial charge in [0, 0.05) is 28.4 Å². The number of hydrogen-bond donors (Lipinski definition) is 1. The van der Waals surface area contributed by atoms with Gasteiger partial charge in [0.15, 0.2) is 5.13 Å². The first-order valence-electron chi connectivity index (χ1n) is 7.46. The van der Waals surface area contributed by atoms with Crippen LogP contribution >= 0.6 is 11.3 Å². The third-order valence-electron chi connectivity index (χ3n) is 3.66. The molecule has 3 rings (SSSR count). The van der Waals surface area contributed by atoms with Crippen molar-refractivity contribution in [2.24, 2.45) is 0 Å². The van der Waals surface area contributed by atoms with E-state index in [1.807, 2.05) is 12.1 Å². The van der Waals surface area contributed by atoms with Gasteiger partial charge in [0.05, 0.1) is 18.5 Å². The topological polar surface area (TPSA) is 43.0 Å². The Bertz CT molecular complexity index is 753. The Morgan fingerprint density at radius 2 is 2.18 bits per heavy atom. The van der Waals surface area contributed by atoms with Crippen molar-refractivity contribution in [1.82, 2.24) is 9.55 Å². The summed E-state index contributed by atoms with van der Waals surface area (Å²) in [6, 6.07) is 6.53. The van der Waals surface area contributed by atoms with Crippen molar-refractivity contribution in [2.45, 2.75) is 40.3 Å². The zero-order chi connectivity index (χ0) is 15.7. The van der Waals surface area contributed by atoms with Gasteiger partial charge >= 0.3 is 0 Å². The van der Waals surface area contributed by atoms with Gasteiger partial charge in [-0.15, -0.1) is 11.3 Å². The number of aromatic nitrogens is 2. The molecule has 0 atom stereocenters. The van der Waals surface area contributed by atoms with E-state index < -0.39 is 0 Å². The molecule has 22 heavy (non-hydrogen) atoms. The molecule has 4 nitrogen and oxygen atoms in total. The molecule has 3 heterocycles. The average Bonchev–Trinajstić information content (AvgIpc) is 3.16. The van der Waals surface area contributed by atoms with Crippen molar-refractivity contribution in [3.63, 3.8) is 0 Å². The lowest BCUT2D eigenvalue weighted by Crippen LogP contribution is -2.09. The second-order valence-corrected chi connectivity index (χ2v) is 6.65. The second kappa shape index (κ2) is 6.01. The highest BCUT2D eigenvalue weighted by Crippen LogP contribution is 2.30. The van der Waals surface area contributed by atoms with Crippen LogP contribution < -0.4 is 5.32 Å². The molecule has 0 fully saturated rings. The van der Waals surface area contributed by atoms with Crippen LogP contribution in [0.15, 0.2) is 34.3 Å². The van der Waals surface area contributed by atoms with Gasteiger partial charge in [0.25, 0.3) is 0 Å². The molecule has 0 aliphatic rings. The fourth-order valence-corrected chi connectivity index (χ4v) is 3.43. The molecular weight excluding hydrogens is 294 g/mol. The van der Waals surface area contributed by atoms with E-state index in [0.29, 0.717) is 6.04 Å². The third-order valence-corrected chi connectivity index (χ3v) is 4.43. The molecule has 0 amide bonds. The van der Waals surface area contributed by atoms with Crippen molar-refractivity contribution in [3.05, 3.63) is 47.0 Å². The number of furan rings is 1. The van der Waals surface area contributed by atoms with Crippen LogP contribution in [0.25, 0.3) is 11.3 Å². The SMILES string of the molecule is Cc1cc(-c2csc(NC(C)C)n2)c(C)n1Cc1ccco1. The molecule has 0 spiro atoms. The molecule has 0 saturated carbocycles. The Balaban J connectivity index is 1.90. The van der Waals surface area contributed by atoms with Gasteiger partial charge in [0.2, 0.25) is 0 Å². The van der Waals surface area contributed by atoms with Gasteiger partial charge in [-0.2, -0.15) is 0 Å². The van der Waals surface area contributed by atoms with E-state index in [2.05, 4.69) is 49.0 Å². The number of rotatable bonds is 5. The molecule has 0 saturated heterocycles. The van der Waals surface area contributed by atoms with Crippen LogP contribution in [0.5, 0.6) is 0 Å². The van der Waals surface area contributed by atoms with E-state index in [4.69, 9.17) is 9.40 Å². The first-order valence-corrected chi connectivity index (χ1v) is 8.34. The lowest BCUT2D eigenvalue weighted by atomic mass is 10.2. The number of hydrogen-bond acceptors (Lipinski definition) is 4. The number of anilines is 1. The van der Waals surface area contributed by atoms with E-state index in [1.54, 1.807) is 17.6 Å². The number of nitrogens with one attached hydrogen (secondary N) is 1. The summed E-state index contributed by atoms with van der Waals surface area (Å²) >= 11 is 1.65. The fourth-order valence-electron chi connectivity index (χ4n) is 2.57. The van der Waals surface area contributed by atoms with Gasteiger partial charge < -0.3 is 14.3 Å². The van der Waals surface area contributed by atoms with Crippen LogP contribution in [0, 0.1) is 13.8 Å². The minimum Gasteiger partial charge on any atom is -0.467 e. The van der Waals surface area contributed by atoms with Crippen molar-refractivity contribution >= 4 is 16.5 Å². The zero-order valence-corrected chi connectivity index (χ0v) is 14.2. The Hall–Kier alpha value is -2.01. The number of thiazole rings is 1. The summed E-state index contributed by atoms with van der Waals surface area (Å²) in [6.45, 7) is 9.26. The first kappa shape index (κ1) is 14.9. The van der Waals surface area contributed by atoms with E-state index in [-0.39, 0.29) is 0 Å². The van der Waals surface area contributed by atoms with Gasteiger partial charge in [-0.3, -0.25) is 0 Å². The van der Waals surface area contributed by atoms with Crippen molar-refractivity contribution in [3.8, 4) is 11.3 Å². The molecule has 3 aromatic heterocycles. The van der Waals surface area contributed by atoms with Crippen LogP contribution in [-0.2, 0) is 6.54 Å². The monoisotopic (exact) mass is 315 g/mol. The van der Waals surface area contributed by atoms with Crippen LogP contribution in [-0.4, -0.2) is 15.6 Å². The third kappa shape index (κ3) is 2.95. The average molecular weight is 315 g/mol. The Labute approximate surface area is 134 Å². The summed E-state index contributed by atoms with van der Waals surface area (Å²) in [5.74, 6) is 0.966. The zero-order valence-electron chi connectivity index (χ0n) is 13.4. The van der Waals surface area contributed by atoms with Crippen LogP contribution in [0.1, 0.15) is 31.0 Å². The largest absolute Gasteiger partial charge is 0.467 e. The van der Waals surface area contributed by atoms with Gasteiger partial charge in [0.1, 0.15) is 5.76 Å². The van der Waals surface area contributed by atoms with Crippen molar-refractivity contribution in [2.75, 3.05) is 5.32 Å². The summed E-state index contributed by atoms with van der Waals surface area (Å²) in [6.07, 6.45) is 1.72. The maximum atomic E-state index is 5.47. The lowest BCUT2D eigenvalue weighted by Gasteiger charge is -2.07. The van der Waals surface area contributed by atoms with Crippen molar-refractivity contribution in [1.29, 1.82) is 0 Å². The summed E-state index contributed by atoms with van der Waals surface area (Å²) in [4.78, 5) is 4.70. The Morgan fingerprint density at radius 3 is 2.86 bits per heavy atom. The minimum atomic E-state index is 0.394. The predicted molar refractivity (Wildman–Crippen MR) is 91.6 cm³/mol. The second-order valence-electron chi connectivity index (χ2n) is 5.79. The fraction of sp³-hybridized carbons (Fsp3) is 0.353. The molecule has 3 aromatic rings. The summed E-state index contributed by atoms with van der Waals surface area (Å²) < 4.78 is 7.73. The lowest BCUT2D eigenvalue weighted by molar-refractivity contribution is 0.489. The summed E-state index contributed by atoms with van der Waals surface area (Å²) in [5, 5.41) is 6.45. The predicted octanol–water partition coefficient (Wildman–Crippen LogP) is 4.69. The molecule has 0 aliphatic heterocycles. The molecule has 0 aromatic carbocycles. The normalized spacial score (nSPS) is 11.3. The standard InChI is InChI=1S/C17H21N3OS/c1-11(2)18-17-19-16(10-22-17)15-8-12(3)20(13(15)4)9-14-6-5-7-21-14/h5-8,10-11H,9H2,1-4H3,(H,18,19). The first-order chi connectivity index (χ1) is 10.5. The quantitative estimate of drug-likeness (QED) is 0.742. The maximum absolute atomic E-state index is 5.47.